The fraction of sp³-hybridized carbons (Fsp3) is 0.250. The summed E-state index contributed by atoms with van der Waals surface area (Å²) in [5.41, 5.74) is 1.78. The predicted octanol–water partition coefficient (Wildman–Crippen LogP) is 3.74. The molecule has 4 nitrogen and oxygen atoms in total. The number of esters is 1. The first-order chi connectivity index (χ1) is 10.5. The molecule has 2 aromatic rings. The summed E-state index contributed by atoms with van der Waals surface area (Å²) >= 11 is 7.13. The summed E-state index contributed by atoms with van der Waals surface area (Å²) in [7, 11) is 0. The molecule has 0 radical (unpaired) electrons. The number of aryl methyl sites for hydroxylation is 1. The number of halogens is 1. The molecule has 116 valence electrons. The van der Waals surface area contributed by atoms with Gasteiger partial charge in [-0.25, -0.2) is 4.79 Å². The number of rotatable bonds is 5. The van der Waals surface area contributed by atoms with Crippen LogP contribution in [0.3, 0.4) is 0 Å². The molecule has 0 saturated heterocycles. The van der Waals surface area contributed by atoms with Crippen LogP contribution >= 0.6 is 22.9 Å². The fourth-order valence-corrected chi connectivity index (χ4v) is 2.84. The molecule has 0 aliphatic rings. The van der Waals surface area contributed by atoms with Gasteiger partial charge in [-0.15, -0.1) is 11.3 Å². The van der Waals surface area contributed by atoms with E-state index in [1.807, 2.05) is 37.4 Å². The molecule has 1 atom stereocenters. The van der Waals surface area contributed by atoms with Crippen molar-refractivity contribution in [1.82, 2.24) is 5.32 Å². The molecule has 0 bridgehead atoms. The molecule has 22 heavy (non-hydrogen) atoms. The van der Waals surface area contributed by atoms with E-state index in [1.54, 1.807) is 12.1 Å². The molecule has 6 heteroatoms. The largest absolute Gasteiger partial charge is 0.451 e. The van der Waals surface area contributed by atoms with Crippen LogP contribution in [0.1, 0.15) is 33.8 Å². The van der Waals surface area contributed by atoms with E-state index in [-0.39, 0.29) is 18.6 Å². The van der Waals surface area contributed by atoms with Crippen LogP contribution in [0, 0.1) is 6.92 Å². The lowest BCUT2D eigenvalue weighted by molar-refractivity contribution is -0.124. The van der Waals surface area contributed by atoms with Gasteiger partial charge in [0.1, 0.15) is 4.88 Å². The molecule has 1 N–H and O–H groups in total. The zero-order valence-corrected chi connectivity index (χ0v) is 13.8. The first kappa shape index (κ1) is 16.5. The van der Waals surface area contributed by atoms with E-state index in [4.69, 9.17) is 16.3 Å². The van der Waals surface area contributed by atoms with Crippen molar-refractivity contribution in [3.05, 3.63) is 56.7 Å². The summed E-state index contributed by atoms with van der Waals surface area (Å²) in [6.45, 7) is 3.39. The van der Waals surface area contributed by atoms with Crippen molar-refractivity contribution in [2.24, 2.45) is 0 Å². The lowest BCUT2D eigenvalue weighted by atomic mass is 10.1. The number of hydrogen-bond donors (Lipinski definition) is 1. The molecular formula is C16H16ClNO3S. The van der Waals surface area contributed by atoms with Crippen LogP contribution in [0.5, 0.6) is 0 Å². The Morgan fingerprint density at radius 3 is 2.55 bits per heavy atom. The molecule has 1 aromatic heterocycles. The second kappa shape index (κ2) is 7.42. The standard InChI is InChI=1S/C16H16ClNO3S/c1-10-7-8-22-15(10)16(20)21-9-14(19)18-11(2)12-3-5-13(17)6-4-12/h3-8,11H,9H2,1-2H3,(H,18,19)/t11-/m1/s1. The number of carbonyl (C=O) groups is 2. The summed E-state index contributed by atoms with van der Waals surface area (Å²) in [6.07, 6.45) is 0. The molecular weight excluding hydrogens is 322 g/mol. The second-order valence-corrected chi connectivity index (χ2v) is 6.20. The zero-order valence-electron chi connectivity index (χ0n) is 12.3. The lowest BCUT2D eigenvalue weighted by Crippen LogP contribution is -2.31. The third-order valence-electron chi connectivity index (χ3n) is 3.13. The van der Waals surface area contributed by atoms with Gasteiger partial charge < -0.3 is 10.1 Å². The fourth-order valence-electron chi connectivity index (χ4n) is 1.90. The molecule has 0 fully saturated rings. The van der Waals surface area contributed by atoms with Crippen LogP contribution in [0.25, 0.3) is 0 Å². The maximum Gasteiger partial charge on any atom is 0.349 e. The van der Waals surface area contributed by atoms with Crippen molar-refractivity contribution in [1.29, 1.82) is 0 Å². The molecule has 1 aromatic carbocycles. The highest BCUT2D eigenvalue weighted by atomic mass is 35.5. The average molecular weight is 338 g/mol. The van der Waals surface area contributed by atoms with Crippen molar-refractivity contribution in [2.75, 3.05) is 6.61 Å². The SMILES string of the molecule is Cc1ccsc1C(=O)OCC(=O)N[C@H](C)c1ccc(Cl)cc1. The summed E-state index contributed by atoms with van der Waals surface area (Å²) in [6, 6.07) is 8.86. The van der Waals surface area contributed by atoms with Gasteiger partial charge in [-0.2, -0.15) is 0 Å². The highest BCUT2D eigenvalue weighted by Gasteiger charge is 2.15. The minimum atomic E-state index is -0.471. The normalized spacial score (nSPS) is 11.8. The maximum atomic E-state index is 11.8. The number of ether oxygens (including phenoxy) is 1. The van der Waals surface area contributed by atoms with E-state index in [2.05, 4.69) is 5.32 Å². The average Bonchev–Trinajstić information content (AvgIpc) is 2.91. The van der Waals surface area contributed by atoms with E-state index >= 15 is 0 Å². The Hall–Kier alpha value is -1.85. The van der Waals surface area contributed by atoms with Crippen LogP contribution in [0.2, 0.25) is 5.02 Å². The smallest absolute Gasteiger partial charge is 0.349 e. The topological polar surface area (TPSA) is 55.4 Å². The van der Waals surface area contributed by atoms with E-state index < -0.39 is 5.97 Å². The Labute approximate surface area is 138 Å². The molecule has 1 heterocycles. The van der Waals surface area contributed by atoms with Crippen LogP contribution < -0.4 is 5.32 Å². The van der Waals surface area contributed by atoms with Gasteiger partial charge in [-0.05, 0) is 48.6 Å². The van der Waals surface area contributed by atoms with Gasteiger partial charge >= 0.3 is 5.97 Å². The number of carbonyl (C=O) groups excluding carboxylic acids is 2. The van der Waals surface area contributed by atoms with E-state index in [0.29, 0.717) is 9.90 Å². The minimum absolute atomic E-state index is 0.188. The Bertz CT molecular complexity index is 666. The molecule has 0 aliphatic carbocycles. The Balaban J connectivity index is 1.84. The number of hydrogen-bond acceptors (Lipinski definition) is 4. The van der Waals surface area contributed by atoms with Crippen molar-refractivity contribution in [2.45, 2.75) is 19.9 Å². The minimum Gasteiger partial charge on any atom is -0.451 e. The van der Waals surface area contributed by atoms with Gasteiger partial charge in [0.15, 0.2) is 6.61 Å². The monoisotopic (exact) mass is 337 g/mol. The molecule has 2 rings (SSSR count). The number of benzene rings is 1. The predicted molar refractivity (Wildman–Crippen MR) is 87.3 cm³/mol. The Morgan fingerprint density at radius 1 is 1.27 bits per heavy atom. The number of nitrogens with one attached hydrogen (secondary N) is 1. The zero-order chi connectivity index (χ0) is 16.1. The summed E-state index contributed by atoms with van der Waals surface area (Å²) < 4.78 is 5.02. The number of amides is 1. The van der Waals surface area contributed by atoms with Crippen molar-refractivity contribution < 1.29 is 14.3 Å². The third kappa shape index (κ3) is 4.32. The van der Waals surface area contributed by atoms with E-state index in [9.17, 15) is 9.59 Å². The Kier molecular flexibility index (Phi) is 5.57. The molecule has 0 saturated carbocycles. The molecule has 1 amide bonds. The van der Waals surface area contributed by atoms with Gasteiger partial charge in [0.25, 0.3) is 5.91 Å². The highest BCUT2D eigenvalue weighted by Crippen LogP contribution is 2.17. The highest BCUT2D eigenvalue weighted by molar-refractivity contribution is 7.12. The molecule has 0 unspecified atom stereocenters. The van der Waals surface area contributed by atoms with E-state index in [1.165, 1.54) is 11.3 Å². The van der Waals surface area contributed by atoms with Gasteiger partial charge in [0, 0.05) is 5.02 Å². The van der Waals surface area contributed by atoms with Gasteiger partial charge in [0.2, 0.25) is 0 Å². The van der Waals surface area contributed by atoms with Crippen LogP contribution in [0.4, 0.5) is 0 Å². The van der Waals surface area contributed by atoms with E-state index in [0.717, 1.165) is 11.1 Å². The molecule has 0 spiro atoms. The molecule has 0 aliphatic heterocycles. The summed E-state index contributed by atoms with van der Waals surface area (Å²) in [5, 5.41) is 5.23. The lowest BCUT2D eigenvalue weighted by Gasteiger charge is -2.14. The first-order valence-electron chi connectivity index (χ1n) is 6.73. The summed E-state index contributed by atoms with van der Waals surface area (Å²) in [5.74, 6) is -0.813. The van der Waals surface area contributed by atoms with Gasteiger partial charge in [0.05, 0.1) is 6.04 Å². The number of thiophene rings is 1. The van der Waals surface area contributed by atoms with Crippen molar-refractivity contribution in [3.63, 3.8) is 0 Å². The third-order valence-corrected chi connectivity index (χ3v) is 4.38. The van der Waals surface area contributed by atoms with Crippen LogP contribution in [-0.2, 0) is 9.53 Å². The van der Waals surface area contributed by atoms with Crippen molar-refractivity contribution >= 4 is 34.8 Å². The second-order valence-electron chi connectivity index (χ2n) is 4.85. The summed E-state index contributed by atoms with van der Waals surface area (Å²) in [4.78, 5) is 24.2. The van der Waals surface area contributed by atoms with Gasteiger partial charge in [-0.3, -0.25) is 4.79 Å². The van der Waals surface area contributed by atoms with Crippen LogP contribution in [-0.4, -0.2) is 18.5 Å². The van der Waals surface area contributed by atoms with Crippen molar-refractivity contribution in [3.8, 4) is 0 Å². The maximum absolute atomic E-state index is 11.8. The first-order valence-corrected chi connectivity index (χ1v) is 7.99. The quantitative estimate of drug-likeness (QED) is 0.845. The van der Waals surface area contributed by atoms with Crippen LogP contribution in [0.15, 0.2) is 35.7 Å². The Morgan fingerprint density at radius 2 is 1.95 bits per heavy atom. The van der Waals surface area contributed by atoms with Gasteiger partial charge in [-0.1, -0.05) is 23.7 Å².